The van der Waals surface area contributed by atoms with Crippen LogP contribution in [0.2, 0.25) is 0 Å². The zero-order valence-electron chi connectivity index (χ0n) is 10.1. The molecule has 92 valence electrons. The van der Waals surface area contributed by atoms with Crippen LogP contribution < -0.4 is 5.73 Å². The van der Waals surface area contributed by atoms with Crippen molar-refractivity contribution in [3.05, 3.63) is 28.8 Å². The number of nitrogens with two attached hydrogens (primary N) is 1. The monoisotopic (exact) mass is 251 g/mol. The summed E-state index contributed by atoms with van der Waals surface area (Å²) in [5.41, 5.74) is 7.22. The largest absolute Gasteiger partial charge is 0.335 e. The van der Waals surface area contributed by atoms with E-state index in [1.807, 2.05) is 12.4 Å². The van der Waals surface area contributed by atoms with Crippen molar-refractivity contribution in [1.29, 1.82) is 0 Å². The van der Waals surface area contributed by atoms with Gasteiger partial charge in [-0.1, -0.05) is 11.4 Å². The van der Waals surface area contributed by atoms with E-state index >= 15 is 0 Å². The van der Waals surface area contributed by atoms with Crippen molar-refractivity contribution in [3.63, 3.8) is 0 Å². The van der Waals surface area contributed by atoms with E-state index in [0.29, 0.717) is 0 Å². The van der Waals surface area contributed by atoms with E-state index in [1.54, 1.807) is 0 Å². The fourth-order valence-corrected chi connectivity index (χ4v) is 2.59. The number of nitrogens with zero attached hydrogens (tertiary/aromatic N) is 4. The van der Waals surface area contributed by atoms with Gasteiger partial charge in [-0.3, -0.25) is 0 Å². The summed E-state index contributed by atoms with van der Waals surface area (Å²) in [6.07, 6.45) is 5.41. The molecule has 0 aliphatic carbocycles. The molecule has 0 aliphatic rings. The van der Waals surface area contributed by atoms with Gasteiger partial charge in [-0.05, 0) is 24.9 Å². The molecule has 1 atom stereocenters. The summed E-state index contributed by atoms with van der Waals surface area (Å²) >= 11 is 1.39. The quantitative estimate of drug-likeness (QED) is 0.875. The first-order chi connectivity index (χ1) is 8.26. The highest BCUT2D eigenvalue weighted by molar-refractivity contribution is 7.05. The van der Waals surface area contributed by atoms with Crippen molar-refractivity contribution in [2.75, 3.05) is 0 Å². The summed E-state index contributed by atoms with van der Waals surface area (Å²) in [5.74, 6) is 1.02. The molecule has 0 fully saturated rings. The normalized spacial score (nSPS) is 12.9. The maximum absolute atomic E-state index is 6.21. The fourth-order valence-electron chi connectivity index (χ4n) is 1.85. The molecule has 2 heterocycles. The number of imidazole rings is 1. The second-order valence-electron chi connectivity index (χ2n) is 3.88. The Balaban J connectivity index is 2.14. The third-order valence-electron chi connectivity index (χ3n) is 2.80. The fraction of sp³-hybridized carbons (Fsp3) is 0.545. The molecule has 0 amide bonds. The molecule has 2 aromatic rings. The van der Waals surface area contributed by atoms with Gasteiger partial charge >= 0.3 is 0 Å². The number of hydrogen-bond donors (Lipinski definition) is 1. The Kier molecular flexibility index (Phi) is 3.86. The molecule has 2 aromatic heterocycles. The smallest absolute Gasteiger partial charge is 0.110 e. The van der Waals surface area contributed by atoms with Crippen LogP contribution in [0.25, 0.3) is 0 Å². The van der Waals surface area contributed by atoms with Gasteiger partial charge < -0.3 is 10.3 Å². The molecular weight excluding hydrogens is 234 g/mol. The summed E-state index contributed by atoms with van der Waals surface area (Å²) in [6.45, 7) is 5.09. The molecule has 1 unspecified atom stereocenters. The molecule has 5 nitrogen and oxygen atoms in total. The van der Waals surface area contributed by atoms with Crippen LogP contribution in [0.1, 0.15) is 36.3 Å². The van der Waals surface area contributed by atoms with E-state index in [2.05, 4.69) is 33.0 Å². The summed E-state index contributed by atoms with van der Waals surface area (Å²) in [5, 5.41) is 4.09. The molecule has 0 aromatic carbocycles. The molecule has 0 saturated heterocycles. The van der Waals surface area contributed by atoms with Crippen molar-refractivity contribution >= 4 is 11.5 Å². The zero-order valence-corrected chi connectivity index (χ0v) is 10.9. The van der Waals surface area contributed by atoms with Crippen LogP contribution in [0.4, 0.5) is 0 Å². The highest BCUT2D eigenvalue weighted by atomic mass is 32.1. The zero-order chi connectivity index (χ0) is 12.3. The molecule has 0 bridgehead atoms. The van der Waals surface area contributed by atoms with Crippen LogP contribution in [0, 0.1) is 0 Å². The van der Waals surface area contributed by atoms with Gasteiger partial charge in [-0.15, -0.1) is 5.10 Å². The third kappa shape index (κ3) is 2.53. The van der Waals surface area contributed by atoms with Gasteiger partial charge in [-0.25, -0.2) is 4.98 Å². The second-order valence-corrected chi connectivity index (χ2v) is 4.66. The summed E-state index contributed by atoms with van der Waals surface area (Å²) in [4.78, 5) is 5.42. The Morgan fingerprint density at radius 1 is 1.47 bits per heavy atom. The highest BCUT2D eigenvalue weighted by Gasteiger charge is 2.17. The van der Waals surface area contributed by atoms with Crippen molar-refractivity contribution in [3.8, 4) is 0 Å². The van der Waals surface area contributed by atoms with Gasteiger partial charge in [0, 0.05) is 31.4 Å². The number of hydrogen-bond acceptors (Lipinski definition) is 5. The van der Waals surface area contributed by atoms with Gasteiger partial charge in [0.1, 0.15) is 5.82 Å². The lowest BCUT2D eigenvalue weighted by atomic mass is 10.1. The molecule has 0 radical (unpaired) electrons. The first-order valence-electron chi connectivity index (χ1n) is 5.83. The number of aryl methyl sites for hydroxylation is 2. The highest BCUT2D eigenvalue weighted by Crippen LogP contribution is 2.21. The van der Waals surface area contributed by atoms with Crippen LogP contribution in [0.3, 0.4) is 0 Å². The van der Waals surface area contributed by atoms with Crippen molar-refractivity contribution in [2.24, 2.45) is 5.73 Å². The van der Waals surface area contributed by atoms with Crippen LogP contribution >= 0.6 is 11.5 Å². The summed E-state index contributed by atoms with van der Waals surface area (Å²) in [7, 11) is 0. The predicted molar refractivity (Wildman–Crippen MR) is 67.8 cm³/mol. The van der Waals surface area contributed by atoms with Crippen LogP contribution in [-0.2, 0) is 19.4 Å². The maximum atomic E-state index is 6.21. The standard InChI is InChI=1S/C11H17N5S/c1-3-9-11(17-15-14-9)8(12)7-10-13-5-6-16(10)4-2/h5-6,8H,3-4,7,12H2,1-2H3. The second kappa shape index (κ2) is 5.37. The SMILES string of the molecule is CCc1nnsc1C(N)Cc1nccn1CC. The van der Waals surface area contributed by atoms with Gasteiger partial charge in [0.25, 0.3) is 0 Å². The van der Waals surface area contributed by atoms with Gasteiger partial charge in [0.15, 0.2) is 0 Å². The number of aromatic nitrogens is 4. The van der Waals surface area contributed by atoms with Gasteiger partial charge in [0.2, 0.25) is 0 Å². The lowest BCUT2D eigenvalue weighted by Crippen LogP contribution is -2.16. The maximum Gasteiger partial charge on any atom is 0.110 e. The van der Waals surface area contributed by atoms with Gasteiger partial charge in [-0.2, -0.15) is 0 Å². The molecule has 0 aliphatic heterocycles. The Bertz CT molecular complexity index is 476. The van der Waals surface area contributed by atoms with Crippen molar-refractivity contribution < 1.29 is 0 Å². The average Bonchev–Trinajstić information content (AvgIpc) is 2.96. The van der Waals surface area contributed by atoms with E-state index in [1.165, 1.54) is 11.5 Å². The molecular formula is C11H17N5S. The Hall–Kier alpha value is -1.27. The molecule has 6 heteroatoms. The lowest BCUT2D eigenvalue weighted by Gasteiger charge is -2.11. The van der Waals surface area contributed by atoms with Crippen molar-refractivity contribution in [2.45, 2.75) is 39.3 Å². The Morgan fingerprint density at radius 3 is 3.00 bits per heavy atom. The van der Waals surface area contributed by atoms with E-state index < -0.39 is 0 Å². The summed E-state index contributed by atoms with van der Waals surface area (Å²) in [6, 6.07) is -0.0577. The van der Waals surface area contributed by atoms with E-state index in [4.69, 9.17) is 5.73 Å². The van der Waals surface area contributed by atoms with Gasteiger partial charge in [0.05, 0.1) is 10.6 Å². The minimum Gasteiger partial charge on any atom is -0.335 e. The summed E-state index contributed by atoms with van der Waals surface area (Å²) < 4.78 is 6.08. The molecule has 17 heavy (non-hydrogen) atoms. The van der Waals surface area contributed by atoms with Crippen LogP contribution in [0.5, 0.6) is 0 Å². The first-order valence-corrected chi connectivity index (χ1v) is 6.60. The molecule has 0 spiro atoms. The lowest BCUT2D eigenvalue weighted by molar-refractivity contribution is 0.629. The first kappa shape index (κ1) is 12.2. The average molecular weight is 251 g/mol. The van der Waals surface area contributed by atoms with E-state index in [9.17, 15) is 0 Å². The molecule has 2 N–H and O–H groups in total. The van der Waals surface area contributed by atoms with Crippen molar-refractivity contribution in [1.82, 2.24) is 19.1 Å². The molecule has 2 rings (SSSR count). The minimum absolute atomic E-state index is 0.0577. The topological polar surface area (TPSA) is 69.6 Å². The molecule has 0 saturated carbocycles. The number of rotatable bonds is 5. The Labute approximate surface area is 105 Å². The van der Waals surface area contributed by atoms with E-state index in [0.717, 1.165) is 35.8 Å². The van der Waals surface area contributed by atoms with Crippen LogP contribution in [0.15, 0.2) is 12.4 Å². The third-order valence-corrected chi connectivity index (χ3v) is 3.70. The minimum atomic E-state index is -0.0577. The Morgan fingerprint density at radius 2 is 2.29 bits per heavy atom. The van der Waals surface area contributed by atoms with E-state index in [-0.39, 0.29) is 6.04 Å². The van der Waals surface area contributed by atoms with Crippen LogP contribution in [-0.4, -0.2) is 19.1 Å². The predicted octanol–water partition coefficient (Wildman–Crippen LogP) is 1.56.